The van der Waals surface area contributed by atoms with Crippen molar-refractivity contribution in [2.75, 3.05) is 10.3 Å². The van der Waals surface area contributed by atoms with Crippen molar-refractivity contribution in [2.45, 2.75) is 12.5 Å². The van der Waals surface area contributed by atoms with E-state index in [4.69, 9.17) is 10.2 Å². The number of rotatable bonds is 6. The van der Waals surface area contributed by atoms with Gasteiger partial charge in [0.15, 0.2) is 0 Å². The smallest absolute Gasteiger partial charge is 0.328 e. The molecule has 4 rings (SSSR count). The SMILES string of the molecule is O=C(O)/C=C/C(=O)Nc1ccc(C2=NN(c3ccccc3)C(c3ccccc3)C2)cc1. The van der Waals surface area contributed by atoms with E-state index >= 15 is 0 Å². The van der Waals surface area contributed by atoms with Crippen molar-refractivity contribution in [1.82, 2.24) is 0 Å². The number of anilines is 2. The Morgan fingerprint density at radius 2 is 1.55 bits per heavy atom. The Hall–Kier alpha value is -4.19. The van der Waals surface area contributed by atoms with Gasteiger partial charge in [-0.15, -0.1) is 0 Å². The molecule has 0 fully saturated rings. The highest BCUT2D eigenvalue weighted by molar-refractivity contribution is 6.05. The zero-order valence-electron chi connectivity index (χ0n) is 16.7. The minimum Gasteiger partial charge on any atom is -0.478 e. The number of para-hydroxylation sites is 1. The molecule has 154 valence electrons. The van der Waals surface area contributed by atoms with Gasteiger partial charge in [0.05, 0.1) is 17.4 Å². The standard InChI is InChI=1S/C25H21N3O3/c29-24(15-16-25(30)31)26-20-13-11-18(12-14-20)22-17-23(19-7-3-1-4-8-19)28(27-22)21-9-5-2-6-10-21/h1-16,23H,17H2,(H,26,29)(H,30,31)/b16-15+. The number of aliphatic carboxylic acids is 1. The number of benzene rings is 3. The second-order valence-electron chi connectivity index (χ2n) is 7.10. The lowest BCUT2D eigenvalue weighted by Crippen LogP contribution is -2.18. The highest BCUT2D eigenvalue weighted by atomic mass is 16.4. The van der Waals surface area contributed by atoms with Crippen molar-refractivity contribution in [3.05, 3.63) is 108 Å². The van der Waals surface area contributed by atoms with Gasteiger partial charge >= 0.3 is 5.97 Å². The normalized spacial score (nSPS) is 15.7. The largest absolute Gasteiger partial charge is 0.478 e. The summed E-state index contributed by atoms with van der Waals surface area (Å²) in [5.41, 5.74) is 4.74. The first-order valence-corrected chi connectivity index (χ1v) is 9.89. The summed E-state index contributed by atoms with van der Waals surface area (Å²) in [5.74, 6) is -1.66. The van der Waals surface area contributed by atoms with Gasteiger partial charge in [-0.2, -0.15) is 5.10 Å². The molecule has 0 saturated heterocycles. The summed E-state index contributed by atoms with van der Waals surface area (Å²) in [7, 11) is 0. The summed E-state index contributed by atoms with van der Waals surface area (Å²) in [6.07, 6.45) is 2.55. The van der Waals surface area contributed by atoms with E-state index in [9.17, 15) is 9.59 Å². The van der Waals surface area contributed by atoms with Crippen molar-refractivity contribution in [3.63, 3.8) is 0 Å². The molecular formula is C25H21N3O3. The third-order valence-electron chi connectivity index (χ3n) is 4.98. The highest BCUT2D eigenvalue weighted by Gasteiger charge is 2.29. The number of nitrogens with one attached hydrogen (secondary N) is 1. The van der Waals surface area contributed by atoms with Crippen LogP contribution in [0.3, 0.4) is 0 Å². The van der Waals surface area contributed by atoms with Crippen LogP contribution in [0.25, 0.3) is 0 Å². The fraction of sp³-hybridized carbons (Fsp3) is 0.0800. The molecule has 1 aliphatic rings. The van der Waals surface area contributed by atoms with Gasteiger partial charge in [-0.25, -0.2) is 4.79 Å². The third kappa shape index (κ3) is 4.87. The summed E-state index contributed by atoms with van der Waals surface area (Å²) < 4.78 is 0. The topological polar surface area (TPSA) is 82.0 Å². The van der Waals surface area contributed by atoms with Crippen LogP contribution in [0.4, 0.5) is 11.4 Å². The lowest BCUT2D eigenvalue weighted by Gasteiger charge is -2.23. The fourth-order valence-corrected chi connectivity index (χ4v) is 3.52. The molecular weight excluding hydrogens is 390 g/mol. The average molecular weight is 411 g/mol. The molecule has 1 unspecified atom stereocenters. The van der Waals surface area contributed by atoms with Crippen LogP contribution in [0.5, 0.6) is 0 Å². The van der Waals surface area contributed by atoms with Gasteiger partial charge in [0.25, 0.3) is 0 Å². The molecule has 2 N–H and O–H groups in total. The second kappa shape index (κ2) is 9.09. The Balaban J connectivity index is 1.56. The summed E-state index contributed by atoms with van der Waals surface area (Å²) >= 11 is 0. The van der Waals surface area contributed by atoms with Gasteiger partial charge in [-0.1, -0.05) is 60.7 Å². The van der Waals surface area contributed by atoms with Gasteiger partial charge in [0.1, 0.15) is 0 Å². The molecule has 0 saturated carbocycles. The molecule has 0 radical (unpaired) electrons. The molecule has 6 heteroatoms. The lowest BCUT2D eigenvalue weighted by molar-refractivity contribution is -0.131. The molecule has 6 nitrogen and oxygen atoms in total. The van der Waals surface area contributed by atoms with E-state index in [2.05, 4.69) is 22.5 Å². The molecule has 0 aromatic heterocycles. The number of carbonyl (C=O) groups is 2. The van der Waals surface area contributed by atoms with Crippen LogP contribution < -0.4 is 10.3 Å². The quantitative estimate of drug-likeness (QED) is 0.580. The van der Waals surface area contributed by atoms with Crippen molar-refractivity contribution in [2.24, 2.45) is 5.10 Å². The van der Waals surface area contributed by atoms with Gasteiger partial charge in [-0.05, 0) is 35.4 Å². The lowest BCUT2D eigenvalue weighted by atomic mass is 9.98. The maximum absolute atomic E-state index is 11.8. The molecule has 0 bridgehead atoms. The zero-order chi connectivity index (χ0) is 21.6. The monoisotopic (exact) mass is 411 g/mol. The maximum atomic E-state index is 11.8. The molecule has 3 aromatic carbocycles. The number of carboxylic acids is 1. The summed E-state index contributed by atoms with van der Waals surface area (Å²) in [4.78, 5) is 22.3. The zero-order valence-corrected chi connectivity index (χ0v) is 16.7. The third-order valence-corrected chi connectivity index (χ3v) is 4.98. The minimum absolute atomic E-state index is 0.0964. The van der Waals surface area contributed by atoms with Crippen molar-refractivity contribution >= 4 is 29.0 Å². The van der Waals surface area contributed by atoms with Gasteiger partial charge in [0.2, 0.25) is 5.91 Å². The molecule has 0 spiro atoms. The van der Waals surface area contributed by atoms with Gasteiger partial charge in [0, 0.05) is 24.3 Å². The Bertz CT molecular complexity index is 1120. The van der Waals surface area contributed by atoms with E-state index < -0.39 is 11.9 Å². The van der Waals surface area contributed by atoms with Crippen LogP contribution in [0.15, 0.2) is 102 Å². The molecule has 3 aromatic rings. The van der Waals surface area contributed by atoms with E-state index in [0.717, 1.165) is 35.5 Å². The van der Waals surface area contributed by atoms with Crippen LogP contribution in [0.2, 0.25) is 0 Å². The van der Waals surface area contributed by atoms with Crippen molar-refractivity contribution in [1.29, 1.82) is 0 Å². The van der Waals surface area contributed by atoms with E-state index in [1.165, 1.54) is 5.56 Å². The Kier molecular flexibility index (Phi) is 5.89. The highest BCUT2D eigenvalue weighted by Crippen LogP contribution is 2.36. The van der Waals surface area contributed by atoms with E-state index in [-0.39, 0.29) is 6.04 Å². The van der Waals surface area contributed by atoms with Crippen LogP contribution >= 0.6 is 0 Å². The van der Waals surface area contributed by atoms with Crippen molar-refractivity contribution < 1.29 is 14.7 Å². The Morgan fingerprint density at radius 3 is 2.19 bits per heavy atom. The maximum Gasteiger partial charge on any atom is 0.328 e. The van der Waals surface area contributed by atoms with Crippen LogP contribution in [0, 0.1) is 0 Å². The predicted octanol–water partition coefficient (Wildman–Crippen LogP) is 4.62. The molecule has 0 aliphatic carbocycles. The van der Waals surface area contributed by atoms with Gasteiger partial charge < -0.3 is 10.4 Å². The minimum atomic E-state index is -1.17. The molecule has 1 amide bonds. The number of carboxylic acid groups (broad SMARTS) is 1. The Morgan fingerprint density at radius 1 is 0.903 bits per heavy atom. The molecule has 1 aliphatic heterocycles. The number of hydrogen-bond donors (Lipinski definition) is 2. The summed E-state index contributed by atoms with van der Waals surface area (Å²) in [5, 5.41) is 18.2. The van der Waals surface area contributed by atoms with Crippen molar-refractivity contribution in [3.8, 4) is 0 Å². The number of amides is 1. The number of hydrogen-bond acceptors (Lipinski definition) is 4. The Labute approximate surface area is 180 Å². The molecule has 1 atom stereocenters. The molecule has 1 heterocycles. The van der Waals surface area contributed by atoms with Gasteiger partial charge in [-0.3, -0.25) is 9.80 Å². The fourth-order valence-electron chi connectivity index (χ4n) is 3.52. The second-order valence-corrected chi connectivity index (χ2v) is 7.10. The number of nitrogens with zero attached hydrogens (tertiary/aromatic N) is 2. The van der Waals surface area contributed by atoms with E-state index in [1.54, 1.807) is 12.1 Å². The van der Waals surface area contributed by atoms with E-state index in [0.29, 0.717) is 5.69 Å². The molecule has 31 heavy (non-hydrogen) atoms. The van der Waals surface area contributed by atoms with Crippen LogP contribution in [-0.4, -0.2) is 22.7 Å². The number of hydrazone groups is 1. The first-order chi connectivity index (χ1) is 15.1. The van der Waals surface area contributed by atoms with E-state index in [1.807, 2.05) is 60.7 Å². The van der Waals surface area contributed by atoms with Crippen LogP contribution in [-0.2, 0) is 9.59 Å². The number of carbonyl (C=O) groups excluding carboxylic acids is 1. The first-order valence-electron chi connectivity index (χ1n) is 9.89. The summed E-state index contributed by atoms with van der Waals surface area (Å²) in [6, 6.07) is 27.9. The van der Waals surface area contributed by atoms with Crippen LogP contribution in [0.1, 0.15) is 23.6 Å². The predicted molar refractivity (Wildman–Crippen MR) is 121 cm³/mol. The average Bonchev–Trinajstić information content (AvgIpc) is 3.25. The summed E-state index contributed by atoms with van der Waals surface area (Å²) in [6.45, 7) is 0. The first kappa shape index (κ1) is 20.1.